The number of aromatic nitrogens is 1. The summed E-state index contributed by atoms with van der Waals surface area (Å²) in [7, 11) is 0. The first-order valence-electron chi connectivity index (χ1n) is 8.17. The number of hydrogen-bond donors (Lipinski definition) is 2. The lowest BCUT2D eigenvalue weighted by atomic mass is 10.1. The van der Waals surface area contributed by atoms with Crippen LogP contribution in [0.1, 0.15) is 58.3 Å². The molecule has 1 amide bonds. The zero-order valence-corrected chi connectivity index (χ0v) is 13.0. The number of nitrogens with one attached hydrogen (secondary N) is 2. The van der Waals surface area contributed by atoms with Crippen molar-refractivity contribution in [2.24, 2.45) is 0 Å². The normalized spacial score (nSPS) is 10.9. The third kappa shape index (κ3) is 4.92. The van der Waals surface area contributed by atoms with E-state index in [4.69, 9.17) is 0 Å². The summed E-state index contributed by atoms with van der Waals surface area (Å²) in [5, 5.41) is 4.10. The summed E-state index contributed by atoms with van der Waals surface area (Å²) >= 11 is 0. The second kappa shape index (κ2) is 8.50. The smallest absolute Gasteiger partial charge is 0.224 e. The highest BCUT2D eigenvalue weighted by atomic mass is 16.1. The lowest BCUT2D eigenvalue weighted by Gasteiger charge is -2.06. The third-order valence-corrected chi connectivity index (χ3v) is 3.88. The number of unbranched alkanes of at least 4 members (excludes halogenated alkanes) is 6. The van der Waals surface area contributed by atoms with Gasteiger partial charge in [-0.3, -0.25) is 4.79 Å². The maximum atomic E-state index is 12.0. The number of benzene rings is 1. The van der Waals surface area contributed by atoms with E-state index >= 15 is 0 Å². The Balaban J connectivity index is 1.69. The van der Waals surface area contributed by atoms with Gasteiger partial charge in [-0.2, -0.15) is 0 Å². The number of rotatable bonds is 9. The van der Waals surface area contributed by atoms with Crippen molar-refractivity contribution in [2.45, 2.75) is 58.3 Å². The van der Waals surface area contributed by atoms with Crippen molar-refractivity contribution in [2.75, 3.05) is 5.32 Å². The first kappa shape index (κ1) is 15.6. The quantitative estimate of drug-likeness (QED) is 0.608. The van der Waals surface area contributed by atoms with Crippen LogP contribution in [-0.2, 0) is 4.79 Å². The van der Waals surface area contributed by atoms with Crippen LogP contribution in [0.15, 0.2) is 30.5 Å². The van der Waals surface area contributed by atoms with E-state index in [1.54, 1.807) is 0 Å². The molecule has 1 aromatic carbocycles. The van der Waals surface area contributed by atoms with Gasteiger partial charge in [0.15, 0.2) is 0 Å². The molecule has 0 fully saturated rings. The van der Waals surface area contributed by atoms with Crippen molar-refractivity contribution in [3.05, 3.63) is 30.5 Å². The Kier molecular flexibility index (Phi) is 6.32. The summed E-state index contributed by atoms with van der Waals surface area (Å²) in [4.78, 5) is 15.2. The minimum Gasteiger partial charge on any atom is -0.361 e. The van der Waals surface area contributed by atoms with Crippen molar-refractivity contribution in [3.8, 4) is 0 Å². The summed E-state index contributed by atoms with van der Waals surface area (Å²) in [6.07, 6.45) is 11.2. The Hall–Kier alpha value is -1.77. The summed E-state index contributed by atoms with van der Waals surface area (Å²) in [5.74, 6) is 0.122. The Morgan fingerprint density at radius 3 is 2.62 bits per heavy atom. The number of carbonyl (C=O) groups is 1. The number of H-pyrrole nitrogens is 1. The summed E-state index contributed by atoms with van der Waals surface area (Å²) in [5.41, 5.74) is 1.96. The third-order valence-electron chi connectivity index (χ3n) is 3.88. The first-order valence-corrected chi connectivity index (χ1v) is 8.17. The molecule has 2 aromatic rings. The molecule has 21 heavy (non-hydrogen) atoms. The number of amides is 1. The average Bonchev–Trinajstić information content (AvgIpc) is 2.96. The lowest BCUT2D eigenvalue weighted by Crippen LogP contribution is -2.11. The van der Waals surface area contributed by atoms with E-state index in [0.717, 1.165) is 29.4 Å². The zero-order valence-electron chi connectivity index (χ0n) is 13.0. The van der Waals surface area contributed by atoms with Gasteiger partial charge in [0, 0.05) is 23.5 Å². The van der Waals surface area contributed by atoms with E-state index in [1.165, 1.54) is 32.1 Å². The zero-order chi connectivity index (χ0) is 14.9. The number of aromatic amines is 1. The highest BCUT2D eigenvalue weighted by molar-refractivity contribution is 6.01. The van der Waals surface area contributed by atoms with E-state index in [1.807, 2.05) is 30.5 Å². The van der Waals surface area contributed by atoms with E-state index < -0.39 is 0 Å². The molecule has 0 bridgehead atoms. The van der Waals surface area contributed by atoms with Crippen molar-refractivity contribution >= 4 is 22.5 Å². The molecule has 2 rings (SSSR count). The summed E-state index contributed by atoms with van der Waals surface area (Å²) < 4.78 is 0. The Bertz CT molecular complexity index is 559. The average molecular weight is 286 g/mol. The van der Waals surface area contributed by atoms with Gasteiger partial charge >= 0.3 is 0 Å². The molecule has 0 atom stereocenters. The number of anilines is 1. The van der Waals surface area contributed by atoms with Gasteiger partial charge < -0.3 is 10.3 Å². The molecule has 2 N–H and O–H groups in total. The predicted molar refractivity (Wildman–Crippen MR) is 89.5 cm³/mol. The SMILES string of the molecule is CCCCCCCCCC(=O)Nc1cccc2[nH]ccc12. The monoisotopic (exact) mass is 286 g/mol. The van der Waals surface area contributed by atoms with E-state index in [2.05, 4.69) is 17.2 Å². The first-order chi connectivity index (χ1) is 10.3. The molecular formula is C18H26N2O. The second-order valence-corrected chi connectivity index (χ2v) is 5.66. The standard InChI is InChI=1S/C18H26N2O/c1-2-3-4-5-6-7-8-12-18(21)20-17-11-9-10-16-15(17)13-14-19-16/h9-11,13-14,19H,2-8,12H2,1H3,(H,20,21). The molecule has 0 aliphatic rings. The van der Waals surface area contributed by atoms with E-state index in [-0.39, 0.29) is 5.91 Å². The molecule has 0 radical (unpaired) electrons. The number of hydrogen-bond acceptors (Lipinski definition) is 1. The molecule has 0 aliphatic carbocycles. The van der Waals surface area contributed by atoms with Crippen LogP contribution < -0.4 is 5.32 Å². The van der Waals surface area contributed by atoms with Gasteiger partial charge in [0.2, 0.25) is 5.91 Å². The topological polar surface area (TPSA) is 44.9 Å². The van der Waals surface area contributed by atoms with Crippen molar-refractivity contribution in [1.29, 1.82) is 0 Å². The van der Waals surface area contributed by atoms with Gasteiger partial charge in [0.1, 0.15) is 0 Å². The molecular weight excluding hydrogens is 260 g/mol. The molecule has 1 heterocycles. The molecule has 0 saturated heterocycles. The van der Waals surface area contributed by atoms with Crippen LogP contribution in [0.25, 0.3) is 10.9 Å². The van der Waals surface area contributed by atoms with Crippen LogP contribution in [0.3, 0.4) is 0 Å². The van der Waals surface area contributed by atoms with Crippen LogP contribution in [-0.4, -0.2) is 10.9 Å². The fourth-order valence-electron chi connectivity index (χ4n) is 2.65. The Labute approximate surface area is 127 Å². The minimum atomic E-state index is 0.122. The lowest BCUT2D eigenvalue weighted by molar-refractivity contribution is -0.116. The van der Waals surface area contributed by atoms with E-state index in [9.17, 15) is 4.79 Å². The van der Waals surface area contributed by atoms with Crippen LogP contribution in [0.4, 0.5) is 5.69 Å². The van der Waals surface area contributed by atoms with Crippen LogP contribution in [0.2, 0.25) is 0 Å². The molecule has 0 saturated carbocycles. The van der Waals surface area contributed by atoms with Gasteiger partial charge in [0.25, 0.3) is 0 Å². The maximum absolute atomic E-state index is 12.0. The van der Waals surface area contributed by atoms with Crippen molar-refractivity contribution in [1.82, 2.24) is 4.98 Å². The molecule has 0 aliphatic heterocycles. The Morgan fingerprint density at radius 1 is 1.05 bits per heavy atom. The summed E-state index contributed by atoms with van der Waals surface area (Å²) in [6, 6.07) is 7.93. The molecule has 3 nitrogen and oxygen atoms in total. The van der Waals surface area contributed by atoms with Crippen molar-refractivity contribution < 1.29 is 4.79 Å². The van der Waals surface area contributed by atoms with Crippen LogP contribution >= 0.6 is 0 Å². The maximum Gasteiger partial charge on any atom is 0.224 e. The predicted octanol–water partition coefficient (Wildman–Crippen LogP) is 5.25. The second-order valence-electron chi connectivity index (χ2n) is 5.66. The van der Waals surface area contributed by atoms with Crippen LogP contribution in [0, 0.1) is 0 Å². The van der Waals surface area contributed by atoms with Gasteiger partial charge in [-0.1, -0.05) is 51.5 Å². The van der Waals surface area contributed by atoms with Crippen molar-refractivity contribution in [3.63, 3.8) is 0 Å². The van der Waals surface area contributed by atoms with E-state index in [0.29, 0.717) is 6.42 Å². The number of fused-ring (bicyclic) bond motifs is 1. The fourth-order valence-corrected chi connectivity index (χ4v) is 2.65. The Morgan fingerprint density at radius 2 is 1.81 bits per heavy atom. The number of carbonyl (C=O) groups excluding carboxylic acids is 1. The minimum absolute atomic E-state index is 0.122. The summed E-state index contributed by atoms with van der Waals surface area (Å²) in [6.45, 7) is 2.23. The van der Waals surface area contributed by atoms with Crippen LogP contribution in [0.5, 0.6) is 0 Å². The van der Waals surface area contributed by atoms with Gasteiger partial charge in [-0.25, -0.2) is 0 Å². The van der Waals surface area contributed by atoms with Gasteiger partial charge in [0.05, 0.1) is 5.69 Å². The largest absolute Gasteiger partial charge is 0.361 e. The highest BCUT2D eigenvalue weighted by Crippen LogP contribution is 2.22. The highest BCUT2D eigenvalue weighted by Gasteiger charge is 2.06. The molecule has 0 unspecified atom stereocenters. The van der Waals surface area contributed by atoms with Gasteiger partial charge in [-0.05, 0) is 24.6 Å². The molecule has 1 aromatic heterocycles. The fraction of sp³-hybridized carbons (Fsp3) is 0.500. The van der Waals surface area contributed by atoms with Gasteiger partial charge in [-0.15, -0.1) is 0 Å². The molecule has 114 valence electrons. The molecule has 3 heteroatoms. The molecule has 0 spiro atoms.